The van der Waals surface area contributed by atoms with Crippen molar-refractivity contribution in [2.24, 2.45) is 0 Å². The molecule has 1 heterocycles. The maximum Gasteiger partial charge on any atom is 0.340 e. The second-order valence-electron chi connectivity index (χ2n) is 4.66. The van der Waals surface area contributed by atoms with Gasteiger partial charge in [0.05, 0.1) is 7.11 Å². The van der Waals surface area contributed by atoms with Crippen molar-refractivity contribution < 1.29 is 14.3 Å². The van der Waals surface area contributed by atoms with Gasteiger partial charge in [0.15, 0.2) is 5.60 Å². The second-order valence-corrected chi connectivity index (χ2v) is 5.10. The van der Waals surface area contributed by atoms with E-state index in [2.05, 4.69) is 0 Å². The van der Waals surface area contributed by atoms with Crippen LogP contribution in [0.2, 0.25) is 5.02 Å². The summed E-state index contributed by atoms with van der Waals surface area (Å²) in [6.45, 7) is 3.67. The molecule has 1 fully saturated rings. The van der Waals surface area contributed by atoms with Gasteiger partial charge in [-0.25, -0.2) is 4.79 Å². The van der Waals surface area contributed by atoms with Crippen LogP contribution in [0.3, 0.4) is 0 Å². The minimum Gasteiger partial charge on any atom is -0.467 e. The number of rotatable bonds is 3. The van der Waals surface area contributed by atoms with E-state index in [1.807, 2.05) is 31.2 Å². The van der Waals surface area contributed by atoms with Crippen molar-refractivity contribution in [2.45, 2.75) is 31.5 Å². The van der Waals surface area contributed by atoms with E-state index in [1.54, 1.807) is 6.92 Å². The smallest absolute Gasteiger partial charge is 0.340 e. The van der Waals surface area contributed by atoms with Crippen molar-refractivity contribution in [1.29, 1.82) is 0 Å². The van der Waals surface area contributed by atoms with Gasteiger partial charge >= 0.3 is 5.97 Å². The first-order valence-corrected chi connectivity index (χ1v) is 5.82. The molecule has 3 nitrogen and oxygen atoms in total. The molecule has 2 unspecified atom stereocenters. The third-order valence-corrected chi connectivity index (χ3v) is 3.68. The average Bonchev–Trinajstić information content (AvgIpc) is 2.85. The summed E-state index contributed by atoms with van der Waals surface area (Å²) in [6.07, 6.45) is 0.662. The highest BCUT2D eigenvalue weighted by atomic mass is 35.5. The number of hydrogen-bond donors (Lipinski definition) is 0. The third kappa shape index (κ3) is 2.05. The molecular weight excluding hydrogens is 240 g/mol. The van der Waals surface area contributed by atoms with Crippen LogP contribution < -0.4 is 0 Å². The molecule has 1 aromatic carbocycles. The lowest BCUT2D eigenvalue weighted by molar-refractivity contribution is -0.146. The molecule has 1 aromatic rings. The molecule has 0 aliphatic carbocycles. The second kappa shape index (κ2) is 4.00. The van der Waals surface area contributed by atoms with Gasteiger partial charge in [-0.05, 0) is 31.5 Å². The molecule has 92 valence electrons. The van der Waals surface area contributed by atoms with Crippen molar-refractivity contribution in [1.82, 2.24) is 0 Å². The molecule has 2 atom stereocenters. The lowest BCUT2D eigenvalue weighted by Crippen LogP contribution is -2.31. The standard InChI is InChI=1S/C13H15ClO3/c1-12(13(2,17-12)11(15)16-3)8-9-4-6-10(14)7-5-9/h4-7H,8H2,1-3H3. The van der Waals surface area contributed by atoms with Gasteiger partial charge in [-0.1, -0.05) is 23.7 Å². The van der Waals surface area contributed by atoms with E-state index in [-0.39, 0.29) is 5.97 Å². The summed E-state index contributed by atoms with van der Waals surface area (Å²) in [5, 5.41) is 0.700. The van der Waals surface area contributed by atoms with E-state index in [4.69, 9.17) is 21.1 Å². The summed E-state index contributed by atoms with van der Waals surface area (Å²) in [4.78, 5) is 11.6. The molecule has 0 spiro atoms. The Morgan fingerprint density at radius 2 is 1.94 bits per heavy atom. The van der Waals surface area contributed by atoms with Crippen molar-refractivity contribution in [2.75, 3.05) is 7.11 Å². The zero-order valence-electron chi connectivity index (χ0n) is 10.1. The number of methoxy groups -OCH3 is 1. The van der Waals surface area contributed by atoms with Crippen LogP contribution in [0, 0.1) is 0 Å². The van der Waals surface area contributed by atoms with E-state index in [9.17, 15) is 4.79 Å². The highest BCUT2D eigenvalue weighted by Crippen LogP contribution is 2.50. The fraction of sp³-hybridized carbons (Fsp3) is 0.462. The predicted molar refractivity (Wildman–Crippen MR) is 65.1 cm³/mol. The van der Waals surface area contributed by atoms with Crippen LogP contribution in [0.4, 0.5) is 0 Å². The van der Waals surface area contributed by atoms with Crippen LogP contribution in [0.1, 0.15) is 19.4 Å². The third-order valence-electron chi connectivity index (χ3n) is 3.43. The van der Waals surface area contributed by atoms with E-state index in [0.29, 0.717) is 11.4 Å². The molecule has 0 N–H and O–H groups in total. The lowest BCUT2D eigenvalue weighted by atomic mass is 9.90. The summed E-state index contributed by atoms with van der Waals surface area (Å²) in [5.41, 5.74) is -0.237. The van der Waals surface area contributed by atoms with E-state index in [1.165, 1.54) is 7.11 Å². The Morgan fingerprint density at radius 1 is 1.35 bits per heavy atom. The van der Waals surface area contributed by atoms with Gasteiger partial charge in [0, 0.05) is 11.4 Å². The normalized spacial score (nSPS) is 31.1. The Balaban J connectivity index is 2.11. The first-order chi connectivity index (χ1) is 7.91. The van der Waals surface area contributed by atoms with Gasteiger partial charge < -0.3 is 9.47 Å². The molecule has 0 bridgehead atoms. The van der Waals surface area contributed by atoms with Gasteiger partial charge in [-0.2, -0.15) is 0 Å². The Kier molecular flexibility index (Phi) is 2.92. The molecule has 1 aliphatic heterocycles. The molecule has 0 saturated carbocycles. The number of benzene rings is 1. The van der Waals surface area contributed by atoms with Gasteiger partial charge in [0.25, 0.3) is 0 Å². The fourth-order valence-electron chi connectivity index (χ4n) is 2.07. The molecule has 17 heavy (non-hydrogen) atoms. The topological polar surface area (TPSA) is 38.8 Å². The summed E-state index contributed by atoms with van der Waals surface area (Å²) in [6, 6.07) is 7.54. The quantitative estimate of drug-likeness (QED) is 0.615. The summed E-state index contributed by atoms with van der Waals surface area (Å²) in [5.74, 6) is -0.325. The molecule has 0 aromatic heterocycles. The number of esters is 1. The van der Waals surface area contributed by atoms with Crippen LogP contribution in [0.5, 0.6) is 0 Å². The first-order valence-electron chi connectivity index (χ1n) is 5.44. The van der Waals surface area contributed by atoms with Crippen LogP contribution in [0.25, 0.3) is 0 Å². The number of carbonyl (C=O) groups excluding carboxylic acids is 1. The maximum absolute atomic E-state index is 11.6. The predicted octanol–water partition coefficient (Wildman–Crippen LogP) is 2.60. The Bertz CT molecular complexity index is 442. The summed E-state index contributed by atoms with van der Waals surface area (Å²) >= 11 is 5.82. The summed E-state index contributed by atoms with van der Waals surface area (Å²) in [7, 11) is 1.37. The number of epoxide rings is 1. The molecule has 2 rings (SSSR count). The van der Waals surface area contributed by atoms with Crippen LogP contribution in [-0.2, 0) is 20.7 Å². The molecule has 1 saturated heterocycles. The number of carbonyl (C=O) groups is 1. The van der Waals surface area contributed by atoms with Crippen molar-refractivity contribution in [3.05, 3.63) is 34.9 Å². The first kappa shape index (κ1) is 12.4. The van der Waals surface area contributed by atoms with Crippen LogP contribution in [0.15, 0.2) is 24.3 Å². The van der Waals surface area contributed by atoms with Gasteiger partial charge in [-0.3, -0.25) is 0 Å². The van der Waals surface area contributed by atoms with Gasteiger partial charge in [0.1, 0.15) is 5.60 Å². The Hall–Kier alpha value is -1.06. The van der Waals surface area contributed by atoms with Crippen molar-refractivity contribution in [3.63, 3.8) is 0 Å². The van der Waals surface area contributed by atoms with Crippen LogP contribution >= 0.6 is 11.6 Å². The monoisotopic (exact) mass is 254 g/mol. The minimum absolute atomic E-state index is 0.325. The highest BCUT2D eigenvalue weighted by Gasteiger charge is 2.69. The zero-order chi connectivity index (χ0) is 12.7. The van der Waals surface area contributed by atoms with Crippen molar-refractivity contribution >= 4 is 17.6 Å². The SMILES string of the molecule is COC(=O)C1(C)OC1(C)Cc1ccc(Cl)cc1. The molecule has 0 amide bonds. The minimum atomic E-state index is -0.832. The van der Waals surface area contributed by atoms with Gasteiger partial charge in [0.2, 0.25) is 0 Å². The zero-order valence-corrected chi connectivity index (χ0v) is 10.9. The fourth-order valence-corrected chi connectivity index (χ4v) is 2.20. The molecule has 1 aliphatic rings. The largest absolute Gasteiger partial charge is 0.467 e. The summed E-state index contributed by atoms with van der Waals surface area (Å²) < 4.78 is 10.3. The Labute approximate surface area is 106 Å². The van der Waals surface area contributed by atoms with E-state index < -0.39 is 11.2 Å². The highest BCUT2D eigenvalue weighted by molar-refractivity contribution is 6.30. The number of halogens is 1. The number of ether oxygens (including phenoxy) is 2. The lowest BCUT2D eigenvalue weighted by Gasteiger charge is -2.10. The van der Waals surface area contributed by atoms with Crippen LogP contribution in [-0.4, -0.2) is 24.3 Å². The van der Waals surface area contributed by atoms with E-state index in [0.717, 1.165) is 5.56 Å². The average molecular weight is 255 g/mol. The molecule has 4 heteroatoms. The Morgan fingerprint density at radius 3 is 2.47 bits per heavy atom. The molecular formula is C13H15ClO3. The molecule has 0 radical (unpaired) electrons. The van der Waals surface area contributed by atoms with Crippen molar-refractivity contribution in [3.8, 4) is 0 Å². The van der Waals surface area contributed by atoms with Gasteiger partial charge in [-0.15, -0.1) is 0 Å². The number of hydrogen-bond acceptors (Lipinski definition) is 3. The maximum atomic E-state index is 11.6. The van der Waals surface area contributed by atoms with E-state index >= 15 is 0 Å².